The predicted molar refractivity (Wildman–Crippen MR) is 129 cm³/mol. The fourth-order valence-electron chi connectivity index (χ4n) is 2.39. The van der Waals surface area contributed by atoms with E-state index in [0.29, 0.717) is 12.1 Å². The van der Waals surface area contributed by atoms with Gasteiger partial charge in [0.15, 0.2) is 0 Å². The lowest BCUT2D eigenvalue weighted by Gasteiger charge is -2.09. The summed E-state index contributed by atoms with van der Waals surface area (Å²) in [6.45, 7) is 8.34. The molecular weight excluding hydrogens is 372 g/mol. The van der Waals surface area contributed by atoms with Gasteiger partial charge >= 0.3 is 0 Å². The van der Waals surface area contributed by atoms with Crippen LogP contribution in [-0.4, -0.2) is 42.3 Å². The van der Waals surface area contributed by atoms with Crippen molar-refractivity contribution in [3.8, 4) is 5.75 Å². The molecule has 2 heterocycles. The van der Waals surface area contributed by atoms with Crippen molar-refractivity contribution in [1.82, 2.24) is 20.6 Å². The average Bonchev–Trinajstić information content (AvgIpc) is 2.74. The highest BCUT2D eigenvalue weighted by Crippen LogP contribution is 2.14. The van der Waals surface area contributed by atoms with Gasteiger partial charge < -0.3 is 15.4 Å². The van der Waals surface area contributed by atoms with Crippen LogP contribution in [0.1, 0.15) is 51.7 Å². The number of nitrogens with zero attached hydrogens (tertiary/aromatic N) is 2. The van der Waals surface area contributed by atoms with Gasteiger partial charge in [-0.15, -0.1) is 0 Å². The Bertz CT molecular complexity index is 744. The molecule has 0 aromatic carbocycles. The number of pyridine rings is 2. The first-order valence-corrected chi connectivity index (χ1v) is 10.6. The van der Waals surface area contributed by atoms with Crippen LogP contribution >= 0.6 is 0 Å². The van der Waals surface area contributed by atoms with Gasteiger partial charge in [0.25, 0.3) is 0 Å². The minimum atomic E-state index is 0.181. The highest BCUT2D eigenvalue weighted by molar-refractivity contribution is 5.50. The second-order valence-electron chi connectivity index (χ2n) is 7.56. The predicted octanol–water partition coefficient (Wildman–Crippen LogP) is 4.97. The molecule has 5 nitrogen and oxygen atoms in total. The Kier molecular flexibility index (Phi) is 13.1. The molecule has 0 radical (unpaired) electrons. The van der Waals surface area contributed by atoms with Crippen molar-refractivity contribution in [3.63, 3.8) is 0 Å². The molecule has 5 heteroatoms. The van der Waals surface area contributed by atoms with Crippen LogP contribution in [-0.2, 0) is 0 Å². The van der Waals surface area contributed by atoms with Gasteiger partial charge in [0, 0.05) is 30.7 Å². The third-order valence-corrected chi connectivity index (χ3v) is 4.38. The average molecular weight is 411 g/mol. The zero-order valence-electron chi connectivity index (χ0n) is 19.3. The van der Waals surface area contributed by atoms with E-state index in [9.17, 15) is 0 Å². The van der Waals surface area contributed by atoms with Gasteiger partial charge in [-0.3, -0.25) is 9.97 Å². The topological polar surface area (TPSA) is 59.1 Å². The quantitative estimate of drug-likeness (QED) is 0.579. The first-order valence-electron chi connectivity index (χ1n) is 10.6. The third-order valence-electron chi connectivity index (χ3n) is 4.38. The molecule has 2 rings (SSSR count). The van der Waals surface area contributed by atoms with Gasteiger partial charge in [0.2, 0.25) is 0 Å². The highest BCUT2D eigenvalue weighted by atomic mass is 16.5. The van der Waals surface area contributed by atoms with E-state index in [4.69, 9.17) is 4.74 Å². The van der Waals surface area contributed by atoms with Crippen LogP contribution in [0.25, 0.3) is 12.2 Å². The van der Waals surface area contributed by atoms with Gasteiger partial charge in [-0.25, -0.2) is 0 Å². The van der Waals surface area contributed by atoms with Crippen LogP contribution < -0.4 is 15.4 Å². The molecule has 30 heavy (non-hydrogen) atoms. The molecule has 2 atom stereocenters. The van der Waals surface area contributed by atoms with Crippen molar-refractivity contribution >= 4 is 12.2 Å². The van der Waals surface area contributed by atoms with E-state index in [2.05, 4.69) is 58.8 Å². The molecule has 2 aromatic heterocycles. The molecule has 0 saturated heterocycles. The van der Waals surface area contributed by atoms with Crippen molar-refractivity contribution in [2.45, 2.75) is 58.7 Å². The van der Waals surface area contributed by atoms with Crippen molar-refractivity contribution in [2.75, 3.05) is 14.1 Å². The third kappa shape index (κ3) is 12.1. The molecule has 0 aliphatic rings. The second kappa shape index (κ2) is 15.4. The van der Waals surface area contributed by atoms with Gasteiger partial charge in [0.05, 0.1) is 12.3 Å². The standard InChI is InChI=1S/C14H22N2O.C11H16N2/c1-11(2)17-14-8-13(9-16-10-14)7-5-6-12(3)15-4;1-10(12-2)5-3-6-11-7-4-8-13-9-11/h5,7-12,15H,6H2,1-4H3;3-4,6-10,12H,5H2,1-2H3/t;10-/m.0/s1. The summed E-state index contributed by atoms with van der Waals surface area (Å²) in [4.78, 5) is 8.20. The molecular formula is C25H38N4O. The van der Waals surface area contributed by atoms with Gasteiger partial charge in [0.1, 0.15) is 5.75 Å². The van der Waals surface area contributed by atoms with Crippen molar-refractivity contribution in [2.24, 2.45) is 0 Å². The first kappa shape index (κ1) is 25.5. The monoisotopic (exact) mass is 410 g/mol. The van der Waals surface area contributed by atoms with E-state index in [0.717, 1.165) is 29.7 Å². The molecule has 2 aromatic rings. The minimum absolute atomic E-state index is 0.181. The van der Waals surface area contributed by atoms with E-state index in [1.807, 2.05) is 58.5 Å². The molecule has 164 valence electrons. The number of rotatable bonds is 10. The van der Waals surface area contributed by atoms with Crippen LogP contribution in [0.5, 0.6) is 5.75 Å². The zero-order valence-corrected chi connectivity index (χ0v) is 19.3. The molecule has 1 unspecified atom stereocenters. The molecule has 0 aliphatic heterocycles. The van der Waals surface area contributed by atoms with Gasteiger partial charge in [-0.1, -0.05) is 30.4 Å². The van der Waals surface area contributed by atoms with Crippen LogP contribution in [0.15, 0.2) is 55.1 Å². The summed E-state index contributed by atoms with van der Waals surface area (Å²) in [5.41, 5.74) is 2.23. The van der Waals surface area contributed by atoms with Crippen molar-refractivity contribution < 1.29 is 4.74 Å². The fraction of sp³-hybridized carbons (Fsp3) is 0.440. The van der Waals surface area contributed by atoms with Crippen molar-refractivity contribution in [3.05, 3.63) is 66.3 Å². The zero-order chi connectivity index (χ0) is 22.2. The molecule has 0 amide bonds. The first-order chi connectivity index (χ1) is 14.4. The Labute approximate surface area is 182 Å². The maximum Gasteiger partial charge on any atom is 0.138 e. The lowest BCUT2D eigenvalue weighted by atomic mass is 10.2. The second-order valence-corrected chi connectivity index (χ2v) is 7.56. The SMILES string of the molecule is CNC(C)CC=Cc1cncc(OC(C)C)c1.CN[C@@H](C)CC=Cc1cccnc1. The van der Waals surface area contributed by atoms with Gasteiger partial charge in [-0.05, 0) is 77.9 Å². The van der Waals surface area contributed by atoms with Crippen LogP contribution in [0, 0.1) is 0 Å². The summed E-state index contributed by atoms with van der Waals surface area (Å²) in [5.74, 6) is 0.823. The molecule has 0 aliphatic carbocycles. The minimum Gasteiger partial charge on any atom is -0.489 e. The van der Waals surface area contributed by atoms with Crippen LogP contribution in [0.2, 0.25) is 0 Å². The summed E-state index contributed by atoms with van der Waals surface area (Å²) >= 11 is 0. The Morgan fingerprint density at radius 2 is 1.47 bits per heavy atom. The Morgan fingerprint density at radius 3 is 2.00 bits per heavy atom. The van der Waals surface area contributed by atoms with E-state index < -0.39 is 0 Å². The fourth-order valence-corrected chi connectivity index (χ4v) is 2.39. The normalized spacial score (nSPS) is 13.3. The lowest BCUT2D eigenvalue weighted by Crippen LogP contribution is -2.19. The van der Waals surface area contributed by atoms with E-state index >= 15 is 0 Å². The van der Waals surface area contributed by atoms with Crippen LogP contribution in [0.3, 0.4) is 0 Å². The molecule has 0 saturated carbocycles. The molecule has 0 spiro atoms. The van der Waals surface area contributed by atoms with Crippen molar-refractivity contribution in [1.29, 1.82) is 0 Å². The summed E-state index contributed by atoms with van der Waals surface area (Å²) in [6, 6.07) is 7.03. The van der Waals surface area contributed by atoms with E-state index in [-0.39, 0.29) is 6.10 Å². The smallest absolute Gasteiger partial charge is 0.138 e. The van der Waals surface area contributed by atoms with E-state index in [1.165, 1.54) is 0 Å². The maximum atomic E-state index is 5.59. The molecule has 2 N–H and O–H groups in total. The highest BCUT2D eigenvalue weighted by Gasteiger charge is 1.99. The largest absolute Gasteiger partial charge is 0.489 e. The Morgan fingerprint density at radius 1 is 0.867 bits per heavy atom. The molecule has 0 bridgehead atoms. The van der Waals surface area contributed by atoms with E-state index in [1.54, 1.807) is 12.4 Å². The number of ether oxygens (including phenoxy) is 1. The number of hydrogen-bond acceptors (Lipinski definition) is 5. The lowest BCUT2D eigenvalue weighted by molar-refractivity contribution is 0.241. The Balaban J connectivity index is 0.000000311. The molecule has 0 fully saturated rings. The van der Waals surface area contributed by atoms with Gasteiger partial charge in [-0.2, -0.15) is 0 Å². The number of aromatic nitrogens is 2. The summed E-state index contributed by atoms with van der Waals surface area (Å²) in [5, 5.41) is 6.38. The summed E-state index contributed by atoms with van der Waals surface area (Å²) in [7, 11) is 3.94. The van der Waals surface area contributed by atoms with Crippen LogP contribution in [0.4, 0.5) is 0 Å². The number of nitrogens with one attached hydrogen (secondary N) is 2. The Hall–Kier alpha value is -2.50. The summed E-state index contributed by atoms with van der Waals surface area (Å²) < 4.78 is 5.59. The summed E-state index contributed by atoms with van der Waals surface area (Å²) in [6.07, 6.45) is 18.0. The number of hydrogen-bond donors (Lipinski definition) is 2. The maximum absolute atomic E-state index is 5.59.